The largest absolute Gasteiger partial charge is 0.496 e. The summed E-state index contributed by atoms with van der Waals surface area (Å²) in [6.07, 6.45) is 2.05. The quantitative estimate of drug-likeness (QED) is 0.172. The van der Waals surface area contributed by atoms with Gasteiger partial charge in [0.15, 0.2) is 6.29 Å². The smallest absolute Gasteiger partial charge is 0.407 e. The molecule has 1 aliphatic rings. The highest BCUT2D eigenvalue weighted by Gasteiger charge is 2.27. The Morgan fingerprint density at radius 2 is 1.82 bits per heavy atom. The van der Waals surface area contributed by atoms with Gasteiger partial charge in [0.05, 0.1) is 58.3 Å². The Bertz CT molecular complexity index is 1800. The number of carbonyl (C=O) groups is 3. The van der Waals surface area contributed by atoms with Crippen LogP contribution in [0.1, 0.15) is 28.8 Å². The number of carboxylic acid groups (broad SMARTS) is 1. The van der Waals surface area contributed by atoms with Gasteiger partial charge in [0, 0.05) is 47.5 Å². The molecule has 1 unspecified atom stereocenters. The number of methoxy groups -OCH3 is 2. The van der Waals surface area contributed by atoms with E-state index in [1.165, 1.54) is 19.1 Å². The zero-order valence-electron chi connectivity index (χ0n) is 24.1. The molecule has 2 N–H and O–H groups in total. The Kier molecular flexibility index (Phi) is 9.77. The van der Waals surface area contributed by atoms with Crippen molar-refractivity contribution in [2.45, 2.75) is 25.4 Å². The van der Waals surface area contributed by atoms with E-state index in [0.717, 1.165) is 0 Å². The summed E-state index contributed by atoms with van der Waals surface area (Å²) in [7, 11) is 2.89. The maximum absolute atomic E-state index is 12.0. The van der Waals surface area contributed by atoms with Gasteiger partial charge in [0.25, 0.3) is 0 Å². The first-order chi connectivity index (χ1) is 21.6. The lowest BCUT2D eigenvalue weighted by Crippen LogP contribution is -2.41. The minimum Gasteiger partial charge on any atom is -0.496 e. The molecule has 2 aromatic heterocycles. The Morgan fingerprint density at radius 1 is 1.07 bits per heavy atom. The molecule has 1 fully saturated rings. The highest BCUT2D eigenvalue weighted by Crippen LogP contribution is 2.43. The number of benzene rings is 2. The lowest BCUT2D eigenvalue weighted by Gasteiger charge is -2.24. The molecule has 13 heteroatoms. The van der Waals surface area contributed by atoms with Crippen LogP contribution in [0.25, 0.3) is 33.6 Å². The van der Waals surface area contributed by atoms with E-state index in [2.05, 4.69) is 15.3 Å². The molecule has 2 amide bonds. The van der Waals surface area contributed by atoms with Gasteiger partial charge in [-0.25, -0.2) is 9.78 Å². The predicted molar refractivity (Wildman–Crippen MR) is 171 cm³/mol. The molecule has 1 saturated heterocycles. The number of rotatable bonds is 10. The molecule has 3 heterocycles. The number of aldehydes is 1. The lowest BCUT2D eigenvalue weighted by molar-refractivity contribution is -0.119. The average molecular weight is 670 g/mol. The molecule has 1 atom stereocenters. The Morgan fingerprint density at radius 3 is 2.49 bits per heavy atom. The predicted octanol–water partition coefficient (Wildman–Crippen LogP) is 7.03. The van der Waals surface area contributed by atoms with Gasteiger partial charge in [-0.1, -0.05) is 59.1 Å². The maximum atomic E-state index is 12.0. The van der Waals surface area contributed by atoms with Crippen molar-refractivity contribution in [1.82, 2.24) is 20.2 Å². The van der Waals surface area contributed by atoms with Crippen LogP contribution in [0.4, 0.5) is 4.79 Å². The van der Waals surface area contributed by atoms with Gasteiger partial charge in [0.2, 0.25) is 11.8 Å². The average Bonchev–Trinajstić information content (AvgIpc) is 3.45. The molecule has 1 aliphatic heterocycles. The van der Waals surface area contributed by atoms with Gasteiger partial charge < -0.3 is 24.8 Å². The Balaban J connectivity index is 1.50. The number of nitrogens with one attached hydrogen (secondary N) is 1. The van der Waals surface area contributed by atoms with Crippen molar-refractivity contribution in [3.8, 4) is 45.3 Å². The fourth-order valence-electron chi connectivity index (χ4n) is 5.20. The molecule has 0 aliphatic carbocycles. The van der Waals surface area contributed by atoms with Gasteiger partial charge in [0.1, 0.15) is 5.75 Å². The first-order valence-corrected chi connectivity index (χ1v) is 14.9. The van der Waals surface area contributed by atoms with E-state index in [1.807, 2.05) is 6.07 Å². The van der Waals surface area contributed by atoms with Crippen LogP contribution >= 0.6 is 34.8 Å². The highest BCUT2D eigenvalue weighted by molar-refractivity contribution is 6.39. The highest BCUT2D eigenvalue weighted by atomic mass is 35.5. The number of hydrogen-bond donors (Lipinski definition) is 2. The standard InChI is InChI=1S/C32H27Cl3N4O6/c1-44-26-12-17(6-7-18(26)16-40)30-29(35)21(10-11-36-30)20-4-3-5-22(28(20)34)25-13-24(33)23(31(38-25)45-2)15-39(32(42)43)14-19-8-9-27(41)37-19/h3-7,10-13,16,19H,8-9,14-15H2,1-2H3,(H,37,41)(H,42,43). The maximum Gasteiger partial charge on any atom is 0.407 e. The van der Waals surface area contributed by atoms with Crippen LogP contribution in [0.3, 0.4) is 0 Å². The minimum absolute atomic E-state index is 0.0961. The van der Waals surface area contributed by atoms with Gasteiger partial charge >= 0.3 is 6.09 Å². The summed E-state index contributed by atoms with van der Waals surface area (Å²) >= 11 is 20.6. The van der Waals surface area contributed by atoms with E-state index >= 15 is 0 Å². The third-order valence-electron chi connectivity index (χ3n) is 7.46. The van der Waals surface area contributed by atoms with Crippen molar-refractivity contribution in [3.63, 3.8) is 0 Å². The van der Waals surface area contributed by atoms with E-state index in [4.69, 9.17) is 44.3 Å². The summed E-state index contributed by atoms with van der Waals surface area (Å²) in [6.45, 7) is -0.00233. The molecule has 4 aromatic rings. The number of aromatic nitrogens is 2. The summed E-state index contributed by atoms with van der Waals surface area (Å²) in [5.74, 6) is 0.421. The summed E-state index contributed by atoms with van der Waals surface area (Å²) in [5, 5.41) is 13.5. The molecule has 45 heavy (non-hydrogen) atoms. The van der Waals surface area contributed by atoms with Crippen molar-refractivity contribution in [3.05, 3.63) is 80.9 Å². The Hall–Kier alpha value is -4.38. The number of hydrogen-bond acceptors (Lipinski definition) is 7. The number of nitrogens with zero attached hydrogens (tertiary/aromatic N) is 3. The fourth-order valence-corrected chi connectivity index (χ4v) is 6.09. The zero-order valence-corrected chi connectivity index (χ0v) is 26.4. The van der Waals surface area contributed by atoms with Crippen molar-refractivity contribution >= 4 is 53.1 Å². The van der Waals surface area contributed by atoms with E-state index in [-0.39, 0.29) is 35.9 Å². The first-order valence-electron chi connectivity index (χ1n) is 13.7. The van der Waals surface area contributed by atoms with Crippen LogP contribution in [0.15, 0.2) is 54.7 Å². The van der Waals surface area contributed by atoms with Crippen LogP contribution in [0, 0.1) is 0 Å². The topological polar surface area (TPSA) is 131 Å². The number of amides is 2. The molecule has 0 bridgehead atoms. The molecule has 10 nitrogen and oxygen atoms in total. The molecular formula is C32H27Cl3N4O6. The van der Waals surface area contributed by atoms with Crippen LogP contribution in [0.5, 0.6) is 11.6 Å². The van der Waals surface area contributed by atoms with E-state index in [1.54, 1.807) is 48.7 Å². The lowest BCUT2D eigenvalue weighted by atomic mass is 9.99. The number of pyridine rings is 2. The molecule has 2 aromatic carbocycles. The normalized spacial score (nSPS) is 14.2. The minimum atomic E-state index is -1.17. The van der Waals surface area contributed by atoms with Crippen LogP contribution in [-0.2, 0) is 11.3 Å². The summed E-state index contributed by atoms with van der Waals surface area (Å²) < 4.78 is 10.9. The second kappa shape index (κ2) is 13.7. The SMILES string of the molecule is COc1cc(-c2nccc(-c3cccc(-c4cc(Cl)c(CN(CC5CCC(=O)N5)C(=O)O)c(OC)n4)c3Cl)c2Cl)ccc1C=O. The van der Waals surface area contributed by atoms with Crippen molar-refractivity contribution in [2.75, 3.05) is 20.8 Å². The molecule has 0 spiro atoms. The second-order valence-electron chi connectivity index (χ2n) is 10.2. The van der Waals surface area contributed by atoms with Gasteiger partial charge in [-0.15, -0.1) is 0 Å². The van der Waals surface area contributed by atoms with Crippen LogP contribution in [-0.4, -0.2) is 65.1 Å². The van der Waals surface area contributed by atoms with Crippen molar-refractivity contribution < 1.29 is 29.0 Å². The van der Waals surface area contributed by atoms with Crippen LogP contribution < -0.4 is 14.8 Å². The molecule has 0 radical (unpaired) electrons. The van der Waals surface area contributed by atoms with E-state index < -0.39 is 6.09 Å². The van der Waals surface area contributed by atoms with Gasteiger partial charge in [-0.2, -0.15) is 0 Å². The third-order valence-corrected chi connectivity index (χ3v) is 8.59. The second-order valence-corrected chi connectivity index (χ2v) is 11.4. The number of carbonyl (C=O) groups excluding carboxylic acids is 2. The Labute approximate surface area is 273 Å². The number of ether oxygens (including phenoxy) is 2. The molecule has 232 valence electrons. The zero-order chi connectivity index (χ0) is 32.2. The number of halogens is 3. The monoisotopic (exact) mass is 668 g/mol. The summed E-state index contributed by atoms with van der Waals surface area (Å²) in [5.41, 5.74) is 4.05. The van der Waals surface area contributed by atoms with Crippen molar-refractivity contribution in [1.29, 1.82) is 0 Å². The molecule has 5 rings (SSSR count). The molecular weight excluding hydrogens is 643 g/mol. The fraction of sp³-hybridized carbons (Fsp3) is 0.219. The molecule has 0 saturated carbocycles. The summed E-state index contributed by atoms with van der Waals surface area (Å²) in [6, 6.07) is 13.5. The van der Waals surface area contributed by atoms with Crippen molar-refractivity contribution in [2.24, 2.45) is 0 Å². The van der Waals surface area contributed by atoms with Gasteiger partial charge in [-0.05, 0) is 30.7 Å². The summed E-state index contributed by atoms with van der Waals surface area (Å²) in [4.78, 5) is 45.3. The van der Waals surface area contributed by atoms with E-state index in [0.29, 0.717) is 79.7 Å². The first kappa shape index (κ1) is 32.0. The third kappa shape index (κ3) is 6.68. The van der Waals surface area contributed by atoms with Crippen LogP contribution in [0.2, 0.25) is 15.1 Å². The van der Waals surface area contributed by atoms with E-state index in [9.17, 15) is 19.5 Å². The van der Waals surface area contributed by atoms with Gasteiger partial charge in [-0.3, -0.25) is 14.6 Å².